The van der Waals surface area contributed by atoms with Gasteiger partial charge in [-0.1, -0.05) is 0 Å². The predicted octanol–water partition coefficient (Wildman–Crippen LogP) is 0.395. The van der Waals surface area contributed by atoms with Crippen molar-refractivity contribution in [3.05, 3.63) is 0 Å². The summed E-state index contributed by atoms with van der Waals surface area (Å²) >= 11 is 0. The van der Waals surface area contributed by atoms with Gasteiger partial charge in [0.2, 0.25) is 10.0 Å². The Balaban J connectivity index is 1.80. The van der Waals surface area contributed by atoms with E-state index >= 15 is 0 Å². The Kier molecular flexibility index (Phi) is 3.05. The van der Waals surface area contributed by atoms with Crippen LogP contribution in [0.1, 0.15) is 25.7 Å². The second-order valence-corrected chi connectivity index (χ2v) is 7.22. The van der Waals surface area contributed by atoms with Crippen LogP contribution in [0, 0.1) is 11.8 Å². The van der Waals surface area contributed by atoms with Crippen molar-refractivity contribution >= 4 is 10.0 Å². The topological polar surface area (TPSA) is 63.4 Å². The molecule has 2 aliphatic rings. The summed E-state index contributed by atoms with van der Waals surface area (Å²) in [7, 11) is -1.30. The summed E-state index contributed by atoms with van der Waals surface area (Å²) in [6.45, 7) is 0.656. The first-order valence-electron chi connectivity index (χ1n) is 5.67. The molecule has 0 amide bonds. The third-order valence-corrected chi connectivity index (χ3v) is 5.40. The average Bonchev–Trinajstić information content (AvgIpc) is 2.84. The van der Waals surface area contributed by atoms with Gasteiger partial charge in [0.15, 0.2) is 0 Å². The summed E-state index contributed by atoms with van der Waals surface area (Å²) < 4.78 is 25.2. The van der Waals surface area contributed by atoms with Crippen molar-refractivity contribution in [2.75, 3.05) is 19.3 Å². The second kappa shape index (κ2) is 4.03. The Morgan fingerprint density at radius 3 is 2.33 bits per heavy atom. The van der Waals surface area contributed by atoms with E-state index in [1.165, 1.54) is 4.31 Å². The molecular formula is C10H20N2O2S. The summed E-state index contributed by atoms with van der Waals surface area (Å²) in [6.07, 6.45) is 4.12. The Bertz CT molecular complexity index is 318. The van der Waals surface area contributed by atoms with Gasteiger partial charge in [-0.3, -0.25) is 0 Å². The van der Waals surface area contributed by atoms with Gasteiger partial charge in [0.05, 0.1) is 5.75 Å². The molecule has 0 radical (unpaired) electrons. The van der Waals surface area contributed by atoms with Gasteiger partial charge in [-0.2, -0.15) is 0 Å². The molecule has 0 aromatic carbocycles. The molecule has 2 aliphatic carbocycles. The van der Waals surface area contributed by atoms with Crippen molar-refractivity contribution in [2.45, 2.75) is 31.7 Å². The SMILES string of the molecule is CN(CC1CC(N)C1)S(=O)(=O)CC1CC1. The lowest BCUT2D eigenvalue weighted by Gasteiger charge is -2.34. The van der Waals surface area contributed by atoms with Crippen molar-refractivity contribution in [1.29, 1.82) is 0 Å². The van der Waals surface area contributed by atoms with E-state index in [1.807, 2.05) is 0 Å². The largest absolute Gasteiger partial charge is 0.328 e. The minimum atomic E-state index is -2.99. The van der Waals surface area contributed by atoms with Crippen LogP contribution in [0.4, 0.5) is 0 Å². The maximum atomic E-state index is 11.8. The van der Waals surface area contributed by atoms with E-state index in [0.29, 0.717) is 30.2 Å². The zero-order valence-corrected chi connectivity index (χ0v) is 10.0. The molecule has 0 aliphatic heterocycles. The number of hydrogen-bond donors (Lipinski definition) is 1. The minimum absolute atomic E-state index is 0.300. The molecular weight excluding hydrogens is 212 g/mol. The number of rotatable bonds is 5. The lowest BCUT2D eigenvalue weighted by Crippen LogP contribution is -2.43. The van der Waals surface area contributed by atoms with Crippen molar-refractivity contribution in [3.63, 3.8) is 0 Å². The zero-order chi connectivity index (χ0) is 11.1. The molecule has 0 unspecified atom stereocenters. The quantitative estimate of drug-likeness (QED) is 0.746. The van der Waals surface area contributed by atoms with Gasteiger partial charge in [-0.15, -0.1) is 0 Å². The zero-order valence-electron chi connectivity index (χ0n) is 9.22. The Morgan fingerprint density at radius 2 is 1.87 bits per heavy atom. The van der Waals surface area contributed by atoms with Crippen molar-refractivity contribution in [1.82, 2.24) is 4.31 Å². The average molecular weight is 232 g/mol. The monoisotopic (exact) mass is 232 g/mol. The van der Waals surface area contributed by atoms with Gasteiger partial charge < -0.3 is 5.73 Å². The molecule has 0 atom stereocenters. The molecule has 0 bridgehead atoms. The molecule has 0 saturated heterocycles. The molecule has 0 heterocycles. The Labute approximate surface area is 91.9 Å². The van der Waals surface area contributed by atoms with Gasteiger partial charge in [0.25, 0.3) is 0 Å². The first-order valence-corrected chi connectivity index (χ1v) is 7.28. The van der Waals surface area contributed by atoms with Crippen molar-refractivity contribution in [2.24, 2.45) is 17.6 Å². The van der Waals surface area contributed by atoms with Crippen LogP contribution in [-0.4, -0.2) is 38.1 Å². The molecule has 5 heteroatoms. The van der Waals surface area contributed by atoms with E-state index in [2.05, 4.69) is 0 Å². The van der Waals surface area contributed by atoms with E-state index in [4.69, 9.17) is 5.73 Å². The Hall–Kier alpha value is -0.130. The molecule has 2 saturated carbocycles. The van der Waals surface area contributed by atoms with Crippen molar-refractivity contribution < 1.29 is 8.42 Å². The summed E-state index contributed by atoms with van der Waals surface area (Å²) in [5.74, 6) is 1.27. The minimum Gasteiger partial charge on any atom is -0.328 e. The first kappa shape index (κ1) is 11.4. The molecule has 2 rings (SSSR count). The third-order valence-electron chi connectivity index (χ3n) is 3.41. The van der Waals surface area contributed by atoms with E-state index < -0.39 is 10.0 Å². The molecule has 88 valence electrons. The lowest BCUT2D eigenvalue weighted by atomic mass is 9.81. The fraction of sp³-hybridized carbons (Fsp3) is 1.00. The first-order chi connectivity index (χ1) is 6.97. The Morgan fingerprint density at radius 1 is 1.27 bits per heavy atom. The fourth-order valence-electron chi connectivity index (χ4n) is 2.12. The van der Waals surface area contributed by atoms with Crippen LogP contribution in [0.2, 0.25) is 0 Å². The van der Waals surface area contributed by atoms with Gasteiger partial charge in [-0.25, -0.2) is 12.7 Å². The molecule has 0 spiro atoms. The smallest absolute Gasteiger partial charge is 0.214 e. The molecule has 4 nitrogen and oxygen atoms in total. The highest BCUT2D eigenvalue weighted by Gasteiger charge is 2.33. The standard InChI is InChI=1S/C10H20N2O2S/c1-12(6-9-4-10(11)5-9)15(13,14)7-8-2-3-8/h8-10H,2-7,11H2,1H3. The summed E-state index contributed by atoms with van der Waals surface area (Å²) in [5.41, 5.74) is 5.68. The maximum Gasteiger partial charge on any atom is 0.214 e. The van der Waals surface area contributed by atoms with Gasteiger partial charge in [0, 0.05) is 19.6 Å². The predicted molar refractivity (Wildman–Crippen MR) is 59.8 cm³/mol. The van der Waals surface area contributed by atoms with E-state index in [0.717, 1.165) is 25.7 Å². The normalized spacial score (nSPS) is 31.7. The number of hydrogen-bond acceptors (Lipinski definition) is 3. The molecule has 0 aromatic heterocycles. The highest BCUT2D eigenvalue weighted by Crippen LogP contribution is 2.32. The number of nitrogens with zero attached hydrogens (tertiary/aromatic N) is 1. The van der Waals surface area contributed by atoms with Gasteiger partial charge >= 0.3 is 0 Å². The third kappa shape index (κ3) is 2.92. The summed E-state index contributed by atoms with van der Waals surface area (Å²) in [6, 6.07) is 0.300. The van der Waals surface area contributed by atoms with Crippen LogP contribution in [0.25, 0.3) is 0 Å². The number of sulfonamides is 1. The molecule has 2 N–H and O–H groups in total. The second-order valence-electron chi connectivity index (χ2n) is 5.10. The number of nitrogens with two attached hydrogens (primary N) is 1. The molecule has 2 fully saturated rings. The fourth-order valence-corrected chi connectivity index (χ4v) is 3.74. The van der Waals surface area contributed by atoms with E-state index in [1.54, 1.807) is 7.05 Å². The van der Waals surface area contributed by atoms with Crippen LogP contribution in [0.3, 0.4) is 0 Å². The highest BCUT2D eigenvalue weighted by molar-refractivity contribution is 7.89. The van der Waals surface area contributed by atoms with E-state index in [9.17, 15) is 8.42 Å². The maximum absolute atomic E-state index is 11.8. The lowest BCUT2D eigenvalue weighted by molar-refractivity contribution is 0.227. The van der Waals surface area contributed by atoms with Gasteiger partial charge in [0.1, 0.15) is 0 Å². The van der Waals surface area contributed by atoms with E-state index in [-0.39, 0.29) is 0 Å². The van der Waals surface area contributed by atoms with Crippen LogP contribution in [0.5, 0.6) is 0 Å². The summed E-state index contributed by atoms with van der Waals surface area (Å²) in [4.78, 5) is 0. The molecule has 15 heavy (non-hydrogen) atoms. The van der Waals surface area contributed by atoms with Crippen LogP contribution in [0.15, 0.2) is 0 Å². The van der Waals surface area contributed by atoms with Crippen LogP contribution >= 0.6 is 0 Å². The van der Waals surface area contributed by atoms with Crippen LogP contribution < -0.4 is 5.73 Å². The van der Waals surface area contributed by atoms with Gasteiger partial charge in [-0.05, 0) is 37.5 Å². The summed E-state index contributed by atoms with van der Waals surface area (Å²) in [5, 5.41) is 0. The molecule has 0 aromatic rings. The highest BCUT2D eigenvalue weighted by atomic mass is 32.2. The van der Waals surface area contributed by atoms with Crippen molar-refractivity contribution in [3.8, 4) is 0 Å². The van der Waals surface area contributed by atoms with Crippen LogP contribution in [-0.2, 0) is 10.0 Å².